The molecule has 4 atom stereocenters. The van der Waals surface area contributed by atoms with Gasteiger partial charge in [0.1, 0.15) is 41.0 Å². The summed E-state index contributed by atoms with van der Waals surface area (Å²) in [5, 5.41) is 11.2. The summed E-state index contributed by atoms with van der Waals surface area (Å²) >= 11 is 8.16. The van der Waals surface area contributed by atoms with Crippen molar-refractivity contribution in [3.8, 4) is 23.3 Å². The van der Waals surface area contributed by atoms with Crippen LogP contribution in [0, 0.1) is 17.1 Å². The molecule has 0 radical (unpaired) electrons. The van der Waals surface area contributed by atoms with Crippen LogP contribution in [0.5, 0.6) is 6.01 Å². The first-order valence-electron chi connectivity index (χ1n) is 16.1. The molecule has 250 valence electrons. The number of ether oxygens (including phenoxy) is 1. The summed E-state index contributed by atoms with van der Waals surface area (Å²) in [6.07, 6.45) is 4.92. The van der Waals surface area contributed by atoms with Gasteiger partial charge in [-0.2, -0.15) is 15.2 Å². The smallest absolute Gasteiger partial charge is 0.319 e. The highest BCUT2D eigenvalue weighted by Gasteiger charge is 2.49. The Morgan fingerprint density at radius 3 is 2.94 bits per heavy atom. The molecule has 10 nitrogen and oxygen atoms in total. The number of nitriles is 1. The minimum absolute atomic E-state index is 0.0851. The van der Waals surface area contributed by atoms with E-state index in [1.165, 1.54) is 18.2 Å². The van der Waals surface area contributed by atoms with Crippen LogP contribution in [0.3, 0.4) is 0 Å². The Morgan fingerprint density at radius 1 is 1.38 bits per heavy atom. The molecule has 6 heterocycles. The number of fused-ring (bicyclic) bond motifs is 3. The van der Waals surface area contributed by atoms with Crippen molar-refractivity contribution in [2.24, 2.45) is 0 Å². The van der Waals surface area contributed by atoms with Gasteiger partial charge in [0, 0.05) is 49.2 Å². The summed E-state index contributed by atoms with van der Waals surface area (Å²) in [5.41, 5.74) is 6.95. The second kappa shape index (κ2) is 12.4. The maximum Gasteiger partial charge on any atom is 0.319 e. The molecule has 7 rings (SSSR count). The van der Waals surface area contributed by atoms with Crippen molar-refractivity contribution in [1.82, 2.24) is 24.8 Å². The van der Waals surface area contributed by atoms with Crippen LogP contribution in [0.4, 0.5) is 19.6 Å². The molecule has 3 aliphatic heterocycles. The summed E-state index contributed by atoms with van der Waals surface area (Å²) in [6, 6.07) is 4.80. The van der Waals surface area contributed by atoms with Gasteiger partial charge in [0.15, 0.2) is 0 Å². The largest absolute Gasteiger partial charge is 0.461 e. The monoisotopic (exact) mass is 692 g/mol. The van der Waals surface area contributed by atoms with Crippen molar-refractivity contribution in [3.63, 3.8) is 0 Å². The van der Waals surface area contributed by atoms with Crippen molar-refractivity contribution in [3.05, 3.63) is 47.4 Å². The highest BCUT2D eigenvalue weighted by Crippen LogP contribution is 2.45. The fourth-order valence-corrected chi connectivity index (χ4v) is 9.19. The fraction of sp³-hybridized carbons (Fsp3) is 0.441. The number of benzene rings is 1. The number of likely N-dealkylation sites (N-methyl/N-ethyl adjacent to an activating group) is 1. The molecule has 0 bridgehead atoms. The Balaban J connectivity index is 1.37. The third kappa shape index (κ3) is 5.12. The van der Waals surface area contributed by atoms with Crippen LogP contribution in [0.15, 0.2) is 31.0 Å². The number of nitrogens with zero attached hydrogens (tertiary/aromatic N) is 7. The van der Waals surface area contributed by atoms with Gasteiger partial charge in [-0.15, -0.1) is 11.3 Å². The van der Waals surface area contributed by atoms with E-state index in [-0.39, 0.29) is 50.9 Å². The van der Waals surface area contributed by atoms with Crippen LogP contribution >= 0.6 is 22.9 Å². The zero-order chi connectivity index (χ0) is 33.9. The lowest BCUT2D eigenvalue weighted by atomic mass is 9.95. The molecule has 4 aromatic rings. The molecular weight excluding hydrogens is 658 g/mol. The summed E-state index contributed by atoms with van der Waals surface area (Å²) in [4.78, 5) is 33.1. The Morgan fingerprint density at radius 2 is 2.19 bits per heavy atom. The summed E-state index contributed by atoms with van der Waals surface area (Å²) in [7, 11) is 0. The maximum absolute atomic E-state index is 14.9. The third-order valence-electron chi connectivity index (χ3n) is 10.2. The SMILES string of the molecule is C=CC(=O)N1CCC(N(CC)c2nc(OCC34CCCN3CC(F)C4)nc3c(Cl)c(-c4ccc(F)c5sc(N)c(C#N)c45)ncc23)C1C. The Hall–Kier alpha value is -4.12. The molecule has 0 spiro atoms. The van der Waals surface area contributed by atoms with E-state index in [1.807, 2.05) is 13.8 Å². The van der Waals surface area contributed by atoms with Crippen molar-refractivity contribution in [2.45, 2.75) is 63.3 Å². The van der Waals surface area contributed by atoms with E-state index in [9.17, 15) is 18.8 Å². The zero-order valence-electron chi connectivity index (χ0n) is 26.7. The first-order valence-corrected chi connectivity index (χ1v) is 17.3. The molecule has 3 saturated heterocycles. The van der Waals surface area contributed by atoms with Gasteiger partial charge in [0.2, 0.25) is 5.91 Å². The van der Waals surface area contributed by atoms with Crippen molar-refractivity contribution < 1.29 is 18.3 Å². The highest BCUT2D eigenvalue weighted by atomic mass is 35.5. The molecule has 14 heteroatoms. The molecule has 3 aliphatic rings. The number of aromatic nitrogens is 3. The number of likely N-dealkylation sites (tertiary alicyclic amines) is 1. The molecule has 0 aliphatic carbocycles. The lowest BCUT2D eigenvalue weighted by Gasteiger charge is -2.34. The lowest BCUT2D eigenvalue weighted by Crippen LogP contribution is -2.45. The van der Waals surface area contributed by atoms with E-state index in [2.05, 4.69) is 22.4 Å². The molecule has 3 aromatic heterocycles. The van der Waals surface area contributed by atoms with Gasteiger partial charge in [0.25, 0.3) is 0 Å². The standard InChI is InChI=1S/C34H35ClF2N8O2S/c1-4-25(46)45-12-9-24(18(45)3)44(5-2)32-22-15-40-28(20-7-8-23(37)30-26(20)21(14-38)31(39)48-30)27(35)29(22)41-33(42-32)47-17-34-10-6-11-43(34)16-19(36)13-34/h4,7-8,15,18-19,24H,1,5-6,9-13,16-17,39H2,2-3H3. The van der Waals surface area contributed by atoms with E-state index in [1.54, 1.807) is 11.1 Å². The first kappa shape index (κ1) is 32.4. The average Bonchev–Trinajstić information content (AvgIpc) is 3.82. The topological polar surface area (TPSA) is 125 Å². The number of carbonyl (C=O) groups is 1. The number of amides is 1. The first-order chi connectivity index (χ1) is 23.1. The van der Waals surface area contributed by atoms with E-state index >= 15 is 0 Å². The second-order valence-corrected chi connectivity index (χ2v) is 14.2. The van der Waals surface area contributed by atoms with Crippen LogP contribution in [-0.2, 0) is 4.79 Å². The molecule has 0 saturated carbocycles. The van der Waals surface area contributed by atoms with E-state index < -0.39 is 17.5 Å². The second-order valence-electron chi connectivity index (χ2n) is 12.7. The quantitative estimate of drug-likeness (QED) is 0.218. The molecule has 1 amide bonds. The fourth-order valence-electron chi connectivity index (χ4n) is 7.95. The molecule has 2 N–H and O–H groups in total. The molecule has 3 fully saturated rings. The van der Waals surface area contributed by atoms with Crippen LogP contribution in [-0.4, -0.2) is 87.2 Å². The minimum Gasteiger partial charge on any atom is -0.461 e. The number of nitrogen functional groups attached to an aromatic ring is 1. The Kier molecular flexibility index (Phi) is 8.38. The van der Waals surface area contributed by atoms with E-state index in [0.29, 0.717) is 65.8 Å². The summed E-state index contributed by atoms with van der Waals surface area (Å²) in [6.45, 7) is 10.2. The number of carbonyl (C=O) groups excluding carboxylic acids is 1. The van der Waals surface area contributed by atoms with E-state index in [0.717, 1.165) is 30.7 Å². The van der Waals surface area contributed by atoms with E-state index in [4.69, 9.17) is 37.0 Å². The van der Waals surface area contributed by atoms with Crippen LogP contribution in [0.2, 0.25) is 5.02 Å². The normalized spacial score (nSPS) is 23.9. The van der Waals surface area contributed by atoms with Gasteiger partial charge in [-0.05, 0) is 57.9 Å². The van der Waals surface area contributed by atoms with Crippen molar-refractivity contribution >= 4 is 60.7 Å². The van der Waals surface area contributed by atoms with Gasteiger partial charge >= 0.3 is 6.01 Å². The predicted molar refractivity (Wildman–Crippen MR) is 184 cm³/mol. The Labute approximate surface area is 285 Å². The number of pyridine rings is 1. The number of nitrogens with two attached hydrogens (primary N) is 1. The average molecular weight is 693 g/mol. The van der Waals surface area contributed by atoms with Crippen LogP contribution in [0.25, 0.3) is 32.2 Å². The van der Waals surface area contributed by atoms with Crippen LogP contribution < -0.4 is 15.4 Å². The predicted octanol–water partition coefficient (Wildman–Crippen LogP) is 6.11. The number of rotatable bonds is 8. The van der Waals surface area contributed by atoms with Gasteiger partial charge in [0.05, 0.1) is 37.9 Å². The van der Waals surface area contributed by atoms with Gasteiger partial charge in [-0.3, -0.25) is 14.7 Å². The summed E-state index contributed by atoms with van der Waals surface area (Å²) in [5.74, 6) is -0.0906. The van der Waals surface area contributed by atoms with Gasteiger partial charge in [-0.1, -0.05) is 18.2 Å². The van der Waals surface area contributed by atoms with Crippen molar-refractivity contribution in [2.75, 3.05) is 43.4 Å². The molecule has 1 aromatic carbocycles. The van der Waals surface area contributed by atoms with Crippen LogP contribution in [0.1, 0.15) is 45.1 Å². The summed E-state index contributed by atoms with van der Waals surface area (Å²) < 4.78 is 36.1. The highest BCUT2D eigenvalue weighted by molar-refractivity contribution is 7.23. The number of hydrogen-bond acceptors (Lipinski definition) is 10. The van der Waals surface area contributed by atoms with Gasteiger partial charge in [-0.25, -0.2) is 8.78 Å². The Bertz CT molecular complexity index is 2000. The number of halogens is 3. The van der Waals surface area contributed by atoms with Crippen molar-refractivity contribution in [1.29, 1.82) is 5.26 Å². The number of anilines is 2. The lowest BCUT2D eigenvalue weighted by molar-refractivity contribution is -0.126. The third-order valence-corrected chi connectivity index (χ3v) is 11.6. The number of alkyl halides is 1. The van der Waals surface area contributed by atoms with Gasteiger partial charge < -0.3 is 20.3 Å². The zero-order valence-corrected chi connectivity index (χ0v) is 28.3. The minimum atomic E-state index is -0.914. The number of thiophene rings is 1. The molecule has 48 heavy (non-hydrogen) atoms. The molecule has 4 unspecified atom stereocenters. The molecular formula is C34H35ClF2N8O2S. The number of hydrogen-bond donors (Lipinski definition) is 1. The maximum atomic E-state index is 14.9.